The summed E-state index contributed by atoms with van der Waals surface area (Å²) in [7, 11) is 0. The number of rotatable bonds is 6. The second-order valence-electron chi connectivity index (χ2n) is 5.21. The summed E-state index contributed by atoms with van der Waals surface area (Å²) in [5.41, 5.74) is 0.413. The van der Waals surface area contributed by atoms with Crippen LogP contribution in [0.2, 0.25) is 0 Å². The second kappa shape index (κ2) is 7.31. The molecule has 0 bridgehead atoms. The minimum absolute atomic E-state index is 0.0175. The molecule has 0 saturated carbocycles. The first-order valence-corrected chi connectivity index (χ1v) is 6.99. The highest BCUT2D eigenvalue weighted by molar-refractivity contribution is 5.79. The molecule has 1 aliphatic rings. The molecule has 1 aromatic rings. The van der Waals surface area contributed by atoms with E-state index < -0.39 is 17.6 Å². The van der Waals surface area contributed by atoms with Crippen LogP contribution in [0, 0.1) is 17.6 Å². The third kappa shape index (κ3) is 4.24. The zero-order chi connectivity index (χ0) is 16.1. The van der Waals surface area contributed by atoms with E-state index in [1.165, 1.54) is 11.0 Å². The molecule has 5 nitrogen and oxygen atoms in total. The van der Waals surface area contributed by atoms with Crippen molar-refractivity contribution < 1.29 is 28.2 Å². The summed E-state index contributed by atoms with van der Waals surface area (Å²) in [5.74, 6) is -3.50. The van der Waals surface area contributed by atoms with Crippen LogP contribution in [0.3, 0.4) is 0 Å². The minimum Gasteiger partial charge on any atom is -0.481 e. The van der Waals surface area contributed by atoms with E-state index >= 15 is 0 Å². The lowest BCUT2D eigenvalue weighted by atomic mass is 10.1. The Hall–Kier alpha value is -2.02. The molecular formula is C15H17F2NO4. The molecular weight excluding hydrogens is 296 g/mol. The Morgan fingerprint density at radius 2 is 2.09 bits per heavy atom. The van der Waals surface area contributed by atoms with Gasteiger partial charge in [-0.2, -0.15) is 0 Å². The minimum atomic E-state index is -1.02. The van der Waals surface area contributed by atoms with E-state index in [1.54, 1.807) is 0 Å². The van der Waals surface area contributed by atoms with Crippen LogP contribution in [-0.2, 0) is 20.9 Å². The van der Waals surface area contributed by atoms with Crippen molar-refractivity contribution in [3.63, 3.8) is 0 Å². The molecule has 1 atom stereocenters. The summed E-state index contributed by atoms with van der Waals surface area (Å²) in [6.45, 7) is 0.859. The van der Waals surface area contributed by atoms with Crippen molar-refractivity contribution in [2.75, 3.05) is 19.8 Å². The fourth-order valence-electron chi connectivity index (χ4n) is 2.34. The number of carbonyl (C=O) groups excluding carboxylic acids is 1. The SMILES string of the molecule is O=C(O)CCN(Cc1ccc(F)c(F)c1)C(=O)C1CCOC1. The average molecular weight is 313 g/mol. The number of carboxylic acids is 1. The molecule has 1 amide bonds. The number of aliphatic carboxylic acids is 1. The lowest BCUT2D eigenvalue weighted by Gasteiger charge is -2.24. The summed E-state index contributed by atoms with van der Waals surface area (Å²) < 4.78 is 31.4. The Morgan fingerprint density at radius 3 is 2.68 bits per heavy atom. The highest BCUT2D eigenvalue weighted by Crippen LogP contribution is 2.18. The van der Waals surface area contributed by atoms with Gasteiger partial charge in [-0.25, -0.2) is 8.78 Å². The van der Waals surface area contributed by atoms with E-state index in [0.717, 1.165) is 12.1 Å². The summed E-state index contributed by atoms with van der Waals surface area (Å²) in [5, 5.41) is 8.78. The second-order valence-corrected chi connectivity index (χ2v) is 5.21. The molecule has 1 N–H and O–H groups in total. The van der Waals surface area contributed by atoms with Crippen molar-refractivity contribution in [1.82, 2.24) is 4.90 Å². The summed E-state index contributed by atoms with van der Waals surface area (Å²) >= 11 is 0. The summed E-state index contributed by atoms with van der Waals surface area (Å²) in [6.07, 6.45) is 0.378. The first-order valence-electron chi connectivity index (χ1n) is 6.99. The number of carbonyl (C=O) groups is 2. The molecule has 0 radical (unpaired) electrons. The van der Waals surface area contributed by atoms with E-state index in [4.69, 9.17) is 9.84 Å². The van der Waals surface area contributed by atoms with Gasteiger partial charge in [-0.15, -0.1) is 0 Å². The van der Waals surface area contributed by atoms with Crippen LogP contribution in [0.5, 0.6) is 0 Å². The maximum atomic E-state index is 13.3. The van der Waals surface area contributed by atoms with Crippen LogP contribution in [0.4, 0.5) is 8.78 Å². The van der Waals surface area contributed by atoms with Crippen molar-refractivity contribution >= 4 is 11.9 Å². The third-order valence-corrected chi connectivity index (χ3v) is 3.54. The molecule has 0 aromatic heterocycles. The average Bonchev–Trinajstić information content (AvgIpc) is 3.00. The molecule has 0 spiro atoms. The lowest BCUT2D eigenvalue weighted by molar-refractivity contribution is -0.140. The van der Waals surface area contributed by atoms with Gasteiger partial charge in [-0.05, 0) is 24.1 Å². The first-order chi connectivity index (χ1) is 10.5. The Labute approximate surface area is 126 Å². The van der Waals surface area contributed by atoms with Crippen LogP contribution in [0.15, 0.2) is 18.2 Å². The number of amides is 1. The molecule has 120 valence electrons. The maximum Gasteiger partial charge on any atom is 0.305 e. The zero-order valence-electron chi connectivity index (χ0n) is 11.9. The van der Waals surface area contributed by atoms with Gasteiger partial charge in [-0.3, -0.25) is 9.59 Å². The number of carboxylic acid groups (broad SMARTS) is 1. The largest absolute Gasteiger partial charge is 0.481 e. The Balaban J connectivity index is 2.10. The molecule has 22 heavy (non-hydrogen) atoms. The topological polar surface area (TPSA) is 66.8 Å². The van der Waals surface area contributed by atoms with Crippen LogP contribution in [-0.4, -0.2) is 41.6 Å². The van der Waals surface area contributed by atoms with E-state index in [0.29, 0.717) is 25.2 Å². The lowest BCUT2D eigenvalue weighted by Crippen LogP contribution is -2.37. The van der Waals surface area contributed by atoms with Crippen LogP contribution >= 0.6 is 0 Å². The Kier molecular flexibility index (Phi) is 5.43. The molecule has 1 aromatic carbocycles. The van der Waals surface area contributed by atoms with Crippen molar-refractivity contribution in [1.29, 1.82) is 0 Å². The Morgan fingerprint density at radius 1 is 1.32 bits per heavy atom. The number of hydrogen-bond acceptors (Lipinski definition) is 3. The van der Waals surface area contributed by atoms with E-state index in [1.807, 2.05) is 0 Å². The standard InChI is InChI=1S/C15H17F2NO4/c16-12-2-1-10(7-13(12)17)8-18(5-3-14(19)20)15(21)11-4-6-22-9-11/h1-2,7,11H,3-6,8-9H2,(H,19,20). The van der Waals surface area contributed by atoms with Crippen molar-refractivity contribution in [2.45, 2.75) is 19.4 Å². The third-order valence-electron chi connectivity index (χ3n) is 3.54. The number of benzene rings is 1. The normalized spacial score (nSPS) is 17.5. The van der Waals surface area contributed by atoms with Gasteiger partial charge in [0.2, 0.25) is 5.91 Å². The molecule has 1 fully saturated rings. The van der Waals surface area contributed by atoms with E-state index in [2.05, 4.69) is 0 Å². The van der Waals surface area contributed by atoms with Gasteiger partial charge in [0.15, 0.2) is 11.6 Å². The monoisotopic (exact) mass is 313 g/mol. The maximum absolute atomic E-state index is 13.3. The number of ether oxygens (including phenoxy) is 1. The quantitative estimate of drug-likeness (QED) is 0.870. The fourth-order valence-corrected chi connectivity index (χ4v) is 2.34. The fraction of sp³-hybridized carbons (Fsp3) is 0.467. The van der Waals surface area contributed by atoms with Gasteiger partial charge < -0.3 is 14.7 Å². The van der Waals surface area contributed by atoms with Crippen LogP contribution in [0.25, 0.3) is 0 Å². The van der Waals surface area contributed by atoms with Gasteiger partial charge in [0.25, 0.3) is 0 Å². The van der Waals surface area contributed by atoms with Gasteiger partial charge in [0, 0.05) is 19.7 Å². The molecule has 1 saturated heterocycles. The summed E-state index contributed by atoms with van der Waals surface area (Å²) in [4.78, 5) is 24.5. The zero-order valence-corrected chi connectivity index (χ0v) is 11.9. The molecule has 1 unspecified atom stereocenters. The van der Waals surface area contributed by atoms with E-state index in [9.17, 15) is 18.4 Å². The predicted molar refractivity (Wildman–Crippen MR) is 73.0 cm³/mol. The van der Waals surface area contributed by atoms with E-state index in [-0.39, 0.29) is 31.3 Å². The van der Waals surface area contributed by atoms with Gasteiger partial charge in [-0.1, -0.05) is 6.07 Å². The molecule has 1 heterocycles. The Bertz CT molecular complexity index is 558. The van der Waals surface area contributed by atoms with Crippen molar-refractivity contribution in [3.8, 4) is 0 Å². The van der Waals surface area contributed by atoms with Crippen LogP contribution in [0.1, 0.15) is 18.4 Å². The number of halogens is 2. The van der Waals surface area contributed by atoms with Gasteiger partial charge in [0.1, 0.15) is 0 Å². The summed E-state index contributed by atoms with van der Waals surface area (Å²) in [6, 6.07) is 3.38. The predicted octanol–water partition coefficient (Wildman–Crippen LogP) is 1.80. The molecule has 2 rings (SSSR count). The number of hydrogen-bond donors (Lipinski definition) is 1. The molecule has 0 aliphatic carbocycles. The molecule has 1 aliphatic heterocycles. The number of nitrogens with zero attached hydrogens (tertiary/aromatic N) is 1. The van der Waals surface area contributed by atoms with Gasteiger partial charge in [0.05, 0.1) is 18.9 Å². The van der Waals surface area contributed by atoms with Crippen LogP contribution < -0.4 is 0 Å². The smallest absolute Gasteiger partial charge is 0.305 e. The van der Waals surface area contributed by atoms with Crippen molar-refractivity contribution in [3.05, 3.63) is 35.4 Å². The highest BCUT2D eigenvalue weighted by atomic mass is 19.2. The first kappa shape index (κ1) is 16.4. The highest BCUT2D eigenvalue weighted by Gasteiger charge is 2.28. The van der Waals surface area contributed by atoms with Gasteiger partial charge >= 0.3 is 5.97 Å². The molecule has 7 heteroatoms. The van der Waals surface area contributed by atoms with Crippen molar-refractivity contribution in [2.24, 2.45) is 5.92 Å².